The highest BCUT2D eigenvalue weighted by atomic mass is 35.5. The van der Waals surface area contributed by atoms with E-state index in [-0.39, 0.29) is 6.54 Å². The molecule has 112 valence electrons. The summed E-state index contributed by atoms with van der Waals surface area (Å²) in [5.41, 5.74) is 7.30. The second-order valence-corrected chi connectivity index (χ2v) is 5.35. The van der Waals surface area contributed by atoms with Gasteiger partial charge in [0.1, 0.15) is 11.6 Å². The van der Waals surface area contributed by atoms with Gasteiger partial charge in [0.15, 0.2) is 0 Å². The third-order valence-corrected chi connectivity index (χ3v) is 4.00. The lowest BCUT2D eigenvalue weighted by atomic mass is 9.88. The van der Waals surface area contributed by atoms with Gasteiger partial charge in [-0.1, -0.05) is 29.8 Å². The molecule has 2 unspecified atom stereocenters. The zero-order valence-corrected chi connectivity index (χ0v) is 12.2. The Bertz CT molecular complexity index is 628. The summed E-state index contributed by atoms with van der Waals surface area (Å²) in [5, 5.41) is 10.9. The van der Waals surface area contributed by atoms with Crippen LogP contribution in [0.2, 0.25) is 5.02 Å². The smallest absolute Gasteiger partial charge is 0.126 e. The number of aliphatic hydroxyl groups excluding tert-OH is 1. The van der Waals surface area contributed by atoms with Gasteiger partial charge in [0, 0.05) is 29.1 Å². The second-order valence-electron chi connectivity index (χ2n) is 4.97. The Labute approximate surface area is 127 Å². The molecule has 0 saturated carbocycles. The Morgan fingerprint density at radius 3 is 2.38 bits per heavy atom. The lowest BCUT2D eigenvalue weighted by Crippen LogP contribution is -2.21. The van der Waals surface area contributed by atoms with E-state index >= 15 is 0 Å². The van der Waals surface area contributed by atoms with Crippen molar-refractivity contribution in [3.05, 3.63) is 69.7 Å². The number of benzene rings is 2. The first-order valence-corrected chi connectivity index (χ1v) is 6.91. The van der Waals surface area contributed by atoms with Gasteiger partial charge in [-0.05, 0) is 30.2 Å². The van der Waals surface area contributed by atoms with Crippen LogP contribution < -0.4 is 5.73 Å². The standard InChI is InChI=1S/C16H16ClF2NO/c1-9-3-2-4-13(15(9)17)16(21)14(8-20)10-5-11(18)7-12(19)6-10/h2-7,14,16,21H,8,20H2,1H3. The normalized spacial score (nSPS) is 14.0. The molecule has 0 aliphatic rings. The molecule has 2 rings (SSSR count). The third kappa shape index (κ3) is 3.40. The van der Waals surface area contributed by atoms with E-state index in [4.69, 9.17) is 17.3 Å². The van der Waals surface area contributed by atoms with Crippen LogP contribution in [0, 0.1) is 18.6 Å². The summed E-state index contributed by atoms with van der Waals surface area (Å²) in [5.74, 6) is -2.05. The van der Waals surface area contributed by atoms with Crippen molar-refractivity contribution >= 4 is 11.6 Å². The van der Waals surface area contributed by atoms with Gasteiger partial charge in [0.2, 0.25) is 0 Å². The van der Waals surface area contributed by atoms with Crippen molar-refractivity contribution < 1.29 is 13.9 Å². The van der Waals surface area contributed by atoms with Crippen LogP contribution in [-0.2, 0) is 0 Å². The molecule has 2 aromatic rings. The second kappa shape index (κ2) is 6.52. The molecule has 0 amide bonds. The predicted octanol–water partition coefficient (Wildman–Crippen LogP) is 3.70. The molecule has 0 aliphatic heterocycles. The van der Waals surface area contributed by atoms with Gasteiger partial charge in [0.05, 0.1) is 6.10 Å². The summed E-state index contributed by atoms with van der Waals surface area (Å²) in [6, 6.07) is 8.39. The van der Waals surface area contributed by atoms with Crippen molar-refractivity contribution in [1.82, 2.24) is 0 Å². The van der Waals surface area contributed by atoms with E-state index in [2.05, 4.69) is 0 Å². The Kier molecular flexibility index (Phi) is 4.93. The topological polar surface area (TPSA) is 46.2 Å². The summed E-state index contributed by atoms with van der Waals surface area (Å²) >= 11 is 6.19. The molecule has 2 atom stereocenters. The van der Waals surface area contributed by atoms with E-state index in [1.54, 1.807) is 12.1 Å². The molecule has 0 fully saturated rings. The summed E-state index contributed by atoms with van der Waals surface area (Å²) in [4.78, 5) is 0. The highest BCUT2D eigenvalue weighted by Crippen LogP contribution is 2.35. The first-order valence-electron chi connectivity index (χ1n) is 6.53. The lowest BCUT2D eigenvalue weighted by molar-refractivity contribution is 0.147. The Balaban J connectivity index is 2.43. The van der Waals surface area contributed by atoms with E-state index in [1.165, 1.54) is 12.1 Å². The predicted molar refractivity (Wildman–Crippen MR) is 79.3 cm³/mol. The van der Waals surface area contributed by atoms with Crippen molar-refractivity contribution in [1.29, 1.82) is 0 Å². The first kappa shape index (κ1) is 15.9. The minimum Gasteiger partial charge on any atom is -0.388 e. The van der Waals surface area contributed by atoms with Gasteiger partial charge in [-0.25, -0.2) is 8.78 Å². The molecule has 21 heavy (non-hydrogen) atoms. The molecule has 0 bridgehead atoms. The fourth-order valence-corrected chi connectivity index (χ4v) is 2.59. The molecule has 0 saturated heterocycles. The molecule has 0 spiro atoms. The Morgan fingerprint density at radius 1 is 1.19 bits per heavy atom. The average Bonchev–Trinajstić information content (AvgIpc) is 2.41. The van der Waals surface area contributed by atoms with Gasteiger partial charge in [-0.15, -0.1) is 0 Å². The van der Waals surface area contributed by atoms with Crippen LogP contribution in [0.15, 0.2) is 36.4 Å². The number of nitrogens with two attached hydrogens (primary N) is 1. The molecule has 2 aromatic carbocycles. The SMILES string of the molecule is Cc1cccc(C(O)C(CN)c2cc(F)cc(F)c2)c1Cl. The summed E-state index contributed by atoms with van der Waals surface area (Å²) < 4.78 is 26.7. The van der Waals surface area contributed by atoms with Gasteiger partial charge < -0.3 is 10.8 Å². The maximum absolute atomic E-state index is 13.3. The molecule has 0 heterocycles. The molecule has 0 radical (unpaired) electrons. The quantitative estimate of drug-likeness (QED) is 0.904. The maximum Gasteiger partial charge on any atom is 0.126 e. The van der Waals surface area contributed by atoms with Crippen LogP contribution in [0.4, 0.5) is 8.78 Å². The van der Waals surface area contributed by atoms with Crippen LogP contribution in [0.5, 0.6) is 0 Å². The van der Waals surface area contributed by atoms with Crippen LogP contribution in [-0.4, -0.2) is 11.7 Å². The fourth-order valence-electron chi connectivity index (χ4n) is 2.35. The number of aryl methyl sites for hydroxylation is 1. The van der Waals surface area contributed by atoms with Crippen LogP contribution >= 0.6 is 11.6 Å². The van der Waals surface area contributed by atoms with E-state index in [0.29, 0.717) is 16.1 Å². The van der Waals surface area contributed by atoms with Gasteiger partial charge in [-0.2, -0.15) is 0 Å². The van der Waals surface area contributed by atoms with Crippen LogP contribution in [0.3, 0.4) is 0 Å². The Hall–Kier alpha value is -1.49. The molecular formula is C16H16ClF2NO. The molecule has 0 aromatic heterocycles. The van der Waals surface area contributed by atoms with Gasteiger partial charge >= 0.3 is 0 Å². The van der Waals surface area contributed by atoms with Crippen molar-refractivity contribution in [2.24, 2.45) is 5.73 Å². The van der Waals surface area contributed by atoms with E-state index in [1.807, 2.05) is 13.0 Å². The van der Waals surface area contributed by atoms with E-state index < -0.39 is 23.7 Å². The average molecular weight is 312 g/mol. The largest absolute Gasteiger partial charge is 0.388 e. The van der Waals surface area contributed by atoms with E-state index in [0.717, 1.165) is 11.6 Å². The zero-order valence-electron chi connectivity index (χ0n) is 11.5. The zero-order chi connectivity index (χ0) is 15.6. The summed E-state index contributed by atoms with van der Waals surface area (Å²) in [6.07, 6.45) is -1.04. The number of halogens is 3. The van der Waals surface area contributed by atoms with Crippen molar-refractivity contribution in [2.75, 3.05) is 6.54 Å². The molecule has 5 heteroatoms. The number of aliphatic hydroxyl groups is 1. The summed E-state index contributed by atoms with van der Waals surface area (Å²) in [6.45, 7) is 1.85. The van der Waals surface area contributed by atoms with Crippen LogP contribution in [0.1, 0.15) is 28.7 Å². The van der Waals surface area contributed by atoms with E-state index in [9.17, 15) is 13.9 Å². The fraction of sp³-hybridized carbons (Fsp3) is 0.250. The monoisotopic (exact) mass is 311 g/mol. The number of hydrogen-bond acceptors (Lipinski definition) is 2. The van der Waals surface area contributed by atoms with Gasteiger partial charge in [-0.3, -0.25) is 0 Å². The Morgan fingerprint density at radius 2 is 1.81 bits per heavy atom. The molecular weight excluding hydrogens is 296 g/mol. The first-order chi connectivity index (χ1) is 9.93. The lowest BCUT2D eigenvalue weighted by Gasteiger charge is -2.23. The maximum atomic E-state index is 13.3. The minimum atomic E-state index is -1.04. The van der Waals surface area contributed by atoms with Crippen molar-refractivity contribution in [3.8, 4) is 0 Å². The highest BCUT2D eigenvalue weighted by molar-refractivity contribution is 6.32. The number of rotatable bonds is 4. The molecule has 0 aliphatic carbocycles. The number of hydrogen-bond donors (Lipinski definition) is 2. The molecule has 3 N–H and O–H groups in total. The molecule has 2 nitrogen and oxygen atoms in total. The van der Waals surface area contributed by atoms with Crippen molar-refractivity contribution in [3.63, 3.8) is 0 Å². The van der Waals surface area contributed by atoms with Crippen LogP contribution in [0.25, 0.3) is 0 Å². The van der Waals surface area contributed by atoms with Gasteiger partial charge in [0.25, 0.3) is 0 Å². The van der Waals surface area contributed by atoms with Crippen molar-refractivity contribution in [2.45, 2.75) is 18.9 Å². The highest BCUT2D eigenvalue weighted by Gasteiger charge is 2.24. The summed E-state index contributed by atoms with van der Waals surface area (Å²) in [7, 11) is 0. The third-order valence-electron chi connectivity index (χ3n) is 3.49. The minimum absolute atomic E-state index is 0.0360.